The Labute approximate surface area is 234 Å². The smallest absolute Gasteiger partial charge is 0.329 e. The summed E-state index contributed by atoms with van der Waals surface area (Å²) in [7, 11) is 0. The Morgan fingerprint density at radius 2 is 1.35 bits per heavy atom. The number of fused-ring (bicyclic) bond motifs is 2. The molecule has 2 bridgehead atoms. The summed E-state index contributed by atoms with van der Waals surface area (Å²) in [5.41, 5.74) is 2.55. The van der Waals surface area contributed by atoms with E-state index in [1.807, 2.05) is 83.8 Å². The standard InChI is InChI=1S/C32H34N4O4/c37-30(38)29-28-19-18-27(36(28)31(39)33-20-10-13-24(21-33)23-11-4-1-5-12-23)22-34(29)32(40)35(25-14-6-2-7-15-25)26-16-8-3-9-17-26/h1-9,11-12,14-17,24,27-29H,10,13,18-22H2,(H,37,38)/t24?,27-,28?,29-/m0/s1. The van der Waals surface area contributed by atoms with Crippen LogP contribution < -0.4 is 4.90 Å². The maximum absolute atomic E-state index is 14.2. The number of urea groups is 2. The highest BCUT2D eigenvalue weighted by Crippen LogP contribution is 2.38. The SMILES string of the molecule is O=C(O)[C@@H]1C2CC[C@@H](CN1C(=O)N(c1ccccc1)c1ccccc1)N2C(=O)N1CCCC(c2ccccc2)C1. The molecule has 4 amide bonds. The van der Waals surface area contributed by atoms with E-state index in [0.29, 0.717) is 37.3 Å². The van der Waals surface area contributed by atoms with E-state index in [9.17, 15) is 19.5 Å². The van der Waals surface area contributed by atoms with E-state index < -0.39 is 24.1 Å². The van der Waals surface area contributed by atoms with Gasteiger partial charge < -0.3 is 19.8 Å². The topological polar surface area (TPSA) is 84.4 Å². The van der Waals surface area contributed by atoms with Gasteiger partial charge in [0, 0.05) is 25.6 Å². The molecule has 4 atom stereocenters. The minimum atomic E-state index is -1.13. The van der Waals surface area contributed by atoms with Gasteiger partial charge >= 0.3 is 18.0 Å². The number of amides is 4. The molecule has 206 valence electrons. The van der Waals surface area contributed by atoms with Gasteiger partial charge in [-0.15, -0.1) is 0 Å². The number of carboxylic acid groups (broad SMARTS) is 1. The number of carbonyl (C=O) groups excluding carboxylic acids is 2. The van der Waals surface area contributed by atoms with Crippen molar-refractivity contribution in [3.63, 3.8) is 0 Å². The number of hydrogen-bond donors (Lipinski definition) is 1. The Balaban J connectivity index is 1.27. The van der Waals surface area contributed by atoms with Crippen LogP contribution in [-0.2, 0) is 4.79 Å². The lowest BCUT2D eigenvalue weighted by Gasteiger charge is -2.48. The number of likely N-dealkylation sites (tertiary alicyclic amines) is 2. The highest BCUT2D eigenvalue weighted by Gasteiger charge is 2.54. The number of hydrogen-bond acceptors (Lipinski definition) is 3. The summed E-state index contributed by atoms with van der Waals surface area (Å²) in [4.78, 5) is 47.6. The molecule has 2 unspecified atom stereocenters. The summed E-state index contributed by atoms with van der Waals surface area (Å²) in [5.74, 6) is -0.821. The van der Waals surface area contributed by atoms with Crippen molar-refractivity contribution in [2.75, 3.05) is 24.5 Å². The van der Waals surface area contributed by atoms with Crippen molar-refractivity contribution in [2.24, 2.45) is 0 Å². The first-order valence-corrected chi connectivity index (χ1v) is 14.1. The fraction of sp³-hybridized carbons (Fsp3) is 0.344. The molecule has 0 aliphatic carbocycles. The van der Waals surface area contributed by atoms with Crippen LogP contribution in [0.3, 0.4) is 0 Å². The monoisotopic (exact) mass is 538 g/mol. The summed E-state index contributed by atoms with van der Waals surface area (Å²) in [6, 6.07) is 26.4. The van der Waals surface area contributed by atoms with Gasteiger partial charge in [-0.1, -0.05) is 66.7 Å². The molecular weight excluding hydrogens is 504 g/mol. The third kappa shape index (κ3) is 4.78. The third-order valence-corrected chi connectivity index (χ3v) is 8.56. The van der Waals surface area contributed by atoms with Gasteiger partial charge in [0.2, 0.25) is 0 Å². The second-order valence-electron chi connectivity index (χ2n) is 10.9. The van der Waals surface area contributed by atoms with Crippen LogP contribution in [0.25, 0.3) is 0 Å². The number of piperazine rings is 1. The van der Waals surface area contributed by atoms with Gasteiger partial charge in [-0.3, -0.25) is 4.90 Å². The molecule has 3 aliphatic heterocycles. The molecule has 6 rings (SSSR count). The number of piperidine rings is 1. The van der Waals surface area contributed by atoms with Gasteiger partial charge in [0.25, 0.3) is 0 Å². The molecule has 3 heterocycles. The van der Waals surface area contributed by atoms with E-state index >= 15 is 0 Å². The highest BCUT2D eigenvalue weighted by atomic mass is 16.4. The number of para-hydroxylation sites is 2. The molecule has 0 aromatic heterocycles. The second-order valence-corrected chi connectivity index (χ2v) is 10.9. The largest absolute Gasteiger partial charge is 0.480 e. The Bertz CT molecular complexity index is 1310. The van der Waals surface area contributed by atoms with Gasteiger partial charge in [-0.25, -0.2) is 14.4 Å². The Morgan fingerprint density at radius 3 is 1.95 bits per heavy atom. The van der Waals surface area contributed by atoms with Crippen LogP contribution in [0.4, 0.5) is 21.0 Å². The third-order valence-electron chi connectivity index (χ3n) is 8.56. The van der Waals surface area contributed by atoms with Crippen molar-refractivity contribution in [2.45, 2.75) is 49.7 Å². The van der Waals surface area contributed by atoms with Crippen LogP contribution in [0, 0.1) is 0 Å². The Hall–Kier alpha value is -4.33. The molecule has 40 heavy (non-hydrogen) atoms. The fourth-order valence-corrected chi connectivity index (χ4v) is 6.71. The number of carbonyl (C=O) groups is 3. The van der Waals surface area contributed by atoms with Crippen molar-refractivity contribution in [3.8, 4) is 0 Å². The normalized spacial score (nSPS) is 24.1. The molecule has 8 nitrogen and oxygen atoms in total. The first-order valence-electron chi connectivity index (χ1n) is 14.1. The van der Waals surface area contributed by atoms with Crippen molar-refractivity contribution >= 4 is 29.4 Å². The molecule has 3 aromatic carbocycles. The van der Waals surface area contributed by atoms with Crippen LogP contribution in [0.2, 0.25) is 0 Å². The molecule has 0 saturated carbocycles. The predicted octanol–water partition coefficient (Wildman–Crippen LogP) is 5.55. The summed E-state index contributed by atoms with van der Waals surface area (Å²) in [5, 5.41) is 10.4. The quantitative estimate of drug-likeness (QED) is 0.472. The number of carboxylic acids is 1. The van der Waals surface area contributed by atoms with Crippen LogP contribution >= 0.6 is 0 Å². The van der Waals surface area contributed by atoms with E-state index in [4.69, 9.17) is 0 Å². The van der Waals surface area contributed by atoms with Gasteiger partial charge in [0.05, 0.1) is 23.5 Å². The summed E-state index contributed by atoms with van der Waals surface area (Å²) in [6.07, 6.45) is 3.17. The minimum Gasteiger partial charge on any atom is -0.480 e. The lowest BCUT2D eigenvalue weighted by atomic mass is 9.91. The van der Waals surface area contributed by atoms with Crippen molar-refractivity contribution in [1.82, 2.24) is 14.7 Å². The van der Waals surface area contributed by atoms with Gasteiger partial charge in [-0.05, 0) is 55.5 Å². The number of aliphatic carboxylic acids is 1. The zero-order valence-electron chi connectivity index (χ0n) is 22.4. The average Bonchev–Trinajstić information content (AvgIpc) is 3.30. The summed E-state index contributed by atoms with van der Waals surface area (Å²) in [6.45, 7) is 1.47. The molecule has 0 radical (unpaired) electrons. The lowest BCUT2D eigenvalue weighted by Crippen LogP contribution is -2.67. The number of rotatable bonds is 4. The molecule has 3 aromatic rings. The number of nitrogens with zero attached hydrogens (tertiary/aromatic N) is 4. The summed E-state index contributed by atoms with van der Waals surface area (Å²) < 4.78 is 0. The van der Waals surface area contributed by atoms with Crippen LogP contribution in [-0.4, -0.2) is 75.6 Å². The van der Waals surface area contributed by atoms with E-state index in [-0.39, 0.29) is 24.5 Å². The van der Waals surface area contributed by atoms with Gasteiger partial charge in [0.1, 0.15) is 0 Å². The first kappa shape index (κ1) is 25.9. The number of benzene rings is 3. The van der Waals surface area contributed by atoms with Gasteiger partial charge in [0.15, 0.2) is 6.04 Å². The Kier molecular flexibility index (Phi) is 7.15. The van der Waals surface area contributed by atoms with E-state index in [0.717, 1.165) is 12.8 Å². The first-order chi connectivity index (χ1) is 19.5. The average molecular weight is 539 g/mol. The zero-order valence-corrected chi connectivity index (χ0v) is 22.4. The van der Waals surface area contributed by atoms with Crippen LogP contribution in [0.1, 0.15) is 37.2 Å². The Morgan fingerprint density at radius 1 is 0.750 bits per heavy atom. The van der Waals surface area contributed by atoms with Crippen molar-refractivity contribution < 1.29 is 19.5 Å². The maximum atomic E-state index is 14.2. The second kappa shape index (κ2) is 11.0. The molecule has 8 heteroatoms. The minimum absolute atomic E-state index is 0.102. The number of anilines is 2. The predicted molar refractivity (Wildman–Crippen MR) is 153 cm³/mol. The van der Waals surface area contributed by atoms with Crippen LogP contribution in [0.5, 0.6) is 0 Å². The fourth-order valence-electron chi connectivity index (χ4n) is 6.71. The van der Waals surface area contributed by atoms with Crippen molar-refractivity contribution in [3.05, 3.63) is 96.6 Å². The molecule has 3 fully saturated rings. The van der Waals surface area contributed by atoms with Gasteiger partial charge in [-0.2, -0.15) is 0 Å². The van der Waals surface area contributed by atoms with Crippen LogP contribution in [0.15, 0.2) is 91.0 Å². The highest BCUT2D eigenvalue weighted by molar-refractivity contribution is 6.01. The molecule has 1 N–H and O–H groups in total. The van der Waals surface area contributed by atoms with E-state index in [2.05, 4.69) is 12.1 Å². The molecule has 3 aliphatic rings. The molecule has 0 spiro atoms. The lowest BCUT2D eigenvalue weighted by molar-refractivity contribution is -0.145. The van der Waals surface area contributed by atoms with E-state index in [1.54, 1.807) is 9.80 Å². The maximum Gasteiger partial charge on any atom is 0.329 e. The zero-order chi connectivity index (χ0) is 27.6. The summed E-state index contributed by atoms with van der Waals surface area (Å²) >= 11 is 0. The van der Waals surface area contributed by atoms with Crippen molar-refractivity contribution in [1.29, 1.82) is 0 Å². The van der Waals surface area contributed by atoms with E-state index in [1.165, 1.54) is 10.5 Å². The molecule has 3 saturated heterocycles. The molecular formula is C32H34N4O4.